The maximum Gasteiger partial charge on any atom is 0.270 e. The lowest BCUT2D eigenvalue weighted by molar-refractivity contribution is -0.118. The molecule has 0 saturated carbocycles. The van der Waals surface area contributed by atoms with E-state index in [9.17, 15) is 19.2 Å². The predicted molar refractivity (Wildman–Crippen MR) is 141 cm³/mol. The van der Waals surface area contributed by atoms with Crippen molar-refractivity contribution in [2.45, 2.75) is 31.8 Å². The molecule has 1 aliphatic rings. The van der Waals surface area contributed by atoms with Crippen molar-refractivity contribution >= 4 is 22.7 Å². The van der Waals surface area contributed by atoms with Gasteiger partial charge in [0.05, 0.1) is 16.8 Å². The third-order valence-corrected chi connectivity index (χ3v) is 6.94. The fraction of sp³-hybridized carbons (Fsp3) is 0.286. The number of carbonyl (C=O) groups is 2. The predicted octanol–water partition coefficient (Wildman–Crippen LogP) is 3.16. The van der Waals surface area contributed by atoms with Gasteiger partial charge in [-0.3, -0.25) is 14.3 Å². The third-order valence-electron chi connectivity index (χ3n) is 6.94. The molecular weight excluding hydrogens is 485 g/mol. The number of benzene rings is 2. The molecule has 2 aromatic carbocycles. The van der Waals surface area contributed by atoms with E-state index in [0.29, 0.717) is 35.6 Å². The van der Waals surface area contributed by atoms with Crippen LogP contribution in [-0.4, -0.2) is 50.2 Å². The second kappa shape index (κ2) is 10.1. The van der Waals surface area contributed by atoms with Crippen molar-refractivity contribution in [2.24, 2.45) is 18.5 Å². The number of aromatic nitrogens is 3. The van der Waals surface area contributed by atoms with E-state index < -0.39 is 11.7 Å². The lowest BCUT2D eigenvalue weighted by Gasteiger charge is -2.31. The Morgan fingerprint density at radius 1 is 1.18 bits per heavy atom. The number of halogens is 1. The normalized spacial score (nSPS) is 15.5. The number of likely N-dealkylation sites (tertiary alicyclic amines) is 1. The van der Waals surface area contributed by atoms with Gasteiger partial charge < -0.3 is 20.9 Å². The van der Waals surface area contributed by atoms with Crippen LogP contribution in [0.4, 0.5) is 4.39 Å². The van der Waals surface area contributed by atoms with E-state index in [1.807, 2.05) is 37.5 Å². The van der Waals surface area contributed by atoms with Crippen LogP contribution in [0.2, 0.25) is 0 Å². The average Bonchev–Trinajstić information content (AvgIpc) is 3.46. The Hall–Kier alpha value is -4.49. The first kappa shape index (κ1) is 25.2. The second-order valence-electron chi connectivity index (χ2n) is 9.70. The summed E-state index contributed by atoms with van der Waals surface area (Å²) in [5, 5.41) is 14.5. The molecule has 194 valence electrons. The van der Waals surface area contributed by atoms with Gasteiger partial charge >= 0.3 is 0 Å². The molecule has 3 heterocycles. The number of amides is 2. The molecule has 5 rings (SSSR count). The van der Waals surface area contributed by atoms with Gasteiger partial charge in [0.25, 0.3) is 5.91 Å². The molecule has 1 aliphatic heterocycles. The number of piperidine rings is 1. The number of nitriles is 1. The second-order valence-corrected chi connectivity index (χ2v) is 9.70. The highest BCUT2D eigenvalue weighted by Crippen LogP contribution is 2.38. The van der Waals surface area contributed by atoms with Crippen molar-refractivity contribution in [3.05, 3.63) is 65.7 Å². The molecule has 1 fully saturated rings. The summed E-state index contributed by atoms with van der Waals surface area (Å²) in [7, 11) is 1.83. The van der Waals surface area contributed by atoms with Gasteiger partial charge in [-0.05, 0) is 54.3 Å². The molecule has 4 aromatic rings. The number of carbonyl (C=O) groups excluding carboxylic acids is 2. The van der Waals surface area contributed by atoms with Crippen LogP contribution in [0.15, 0.2) is 48.7 Å². The van der Waals surface area contributed by atoms with Crippen molar-refractivity contribution in [3.63, 3.8) is 0 Å². The zero-order valence-corrected chi connectivity index (χ0v) is 21.0. The highest BCUT2D eigenvalue weighted by Gasteiger charge is 2.28. The maximum absolute atomic E-state index is 14.7. The number of nitrogens with two attached hydrogens (primary N) is 2. The highest BCUT2D eigenvalue weighted by atomic mass is 19.1. The van der Waals surface area contributed by atoms with Crippen molar-refractivity contribution in [2.75, 3.05) is 13.1 Å². The molecule has 9 nitrogen and oxygen atoms in total. The third kappa shape index (κ3) is 4.76. The van der Waals surface area contributed by atoms with Gasteiger partial charge in [0.1, 0.15) is 17.6 Å². The van der Waals surface area contributed by atoms with E-state index in [1.165, 1.54) is 12.1 Å². The van der Waals surface area contributed by atoms with E-state index in [2.05, 4.69) is 5.10 Å². The molecule has 1 saturated heterocycles. The number of hydrogen-bond acceptors (Lipinski definition) is 5. The summed E-state index contributed by atoms with van der Waals surface area (Å²) in [5.74, 6) is -1.37. The topological polar surface area (TPSA) is 136 Å². The van der Waals surface area contributed by atoms with Gasteiger partial charge in [-0.1, -0.05) is 12.1 Å². The number of rotatable bonds is 6. The molecular formula is C28H28FN7O2. The Morgan fingerprint density at radius 3 is 2.68 bits per heavy atom. The van der Waals surface area contributed by atoms with Crippen LogP contribution in [0.1, 0.15) is 35.3 Å². The highest BCUT2D eigenvalue weighted by molar-refractivity contribution is 5.99. The Bertz CT molecular complexity index is 1600. The van der Waals surface area contributed by atoms with E-state index in [1.54, 1.807) is 26.3 Å². The number of primary amides is 1. The van der Waals surface area contributed by atoms with E-state index >= 15 is 0 Å². The lowest BCUT2D eigenvalue weighted by Crippen LogP contribution is -2.46. The monoisotopic (exact) mass is 513 g/mol. The van der Waals surface area contributed by atoms with Gasteiger partial charge in [0.15, 0.2) is 0 Å². The van der Waals surface area contributed by atoms with Crippen molar-refractivity contribution in [3.8, 4) is 28.5 Å². The van der Waals surface area contributed by atoms with Gasteiger partial charge in [0, 0.05) is 56.3 Å². The molecule has 0 spiro atoms. The molecule has 0 radical (unpaired) electrons. The van der Waals surface area contributed by atoms with Gasteiger partial charge in [-0.15, -0.1) is 0 Å². The molecule has 4 N–H and O–H groups in total. The van der Waals surface area contributed by atoms with E-state index in [0.717, 1.165) is 29.3 Å². The van der Waals surface area contributed by atoms with Gasteiger partial charge in [-0.25, -0.2) is 4.39 Å². The van der Waals surface area contributed by atoms with Crippen molar-refractivity contribution in [1.29, 1.82) is 5.26 Å². The van der Waals surface area contributed by atoms with Crippen LogP contribution in [0, 0.1) is 17.1 Å². The summed E-state index contributed by atoms with van der Waals surface area (Å²) >= 11 is 0. The number of fused-ring (bicyclic) bond motifs is 1. The Kier molecular flexibility index (Phi) is 6.70. The molecule has 0 unspecified atom stereocenters. The Balaban J connectivity index is 1.74. The van der Waals surface area contributed by atoms with Crippen LogP contribution in [0.25, 0.3) is 33.3 Å². The Morgan fingerprint density at radius 2 is 1.97 bits per heavy atom. The zero-order valence-electron chi connectivity index (χ0n) is 21.0. The minimum atomic E-state index is -0.654. The maximum atomic E-state index is 14.7. The first-order valence-corrected chi connectivity index (χ1v) is 12.5. The Labute approximate surface area is 219 Å². The fourth-order valence-corrected chi connectivity index (χ4v) is 5.14. The average molecular weight is 514 g/mol. The quantitative estimate of drug-likeness (QED) is 0.408. The van der Waals surface area contributed by atoms with Crippen molar-refractivity contribution in [1.82, 2.24) is 19.2 Å². The van der Waals surface area contributed by atoms with Gasteiger partial charge in [-0.2, -0.15) is 10.4 Å². The SMILES string of the molecule is Cn1cc2cc(-c3c(-c4ccc(C#N)c(F)c4)cc(C(=O)N4CCC[C@@H](N)C4)n3CCC(N)=O)ccc2n1. The summed E-state index contributed by atoms with van der Waals surface area (Å²) in [6, 6.07) is 13.6. The molecule has 2 amide bonds. The minimum absolute atomic E-state index is 0.0117. The van der Waals surface area contributed by atoms with Crippen molar-refractivity contribution < 1.29 is 14.0 Å². The van der Waals surface area contributed by atoms with E-state index in [-0.39, 0.29) is 30.5 Å². The summed E-state index contributed by atoms with van der Waals surface area (Å²) in [6.45, 7) is 1.17. The zero-order chi connectivity index (χ0) is 27.0. The molecule has 10 heteroatoms. The fourth-order valence-electron chi connectivity index (χ4n) is 5.14. The molecule has 0 aliphatic carbocycles. The van der Waals surface area contributed by atoms with Crippen LogP contribution in [0.5, 0.6) is 0 Å². The largest absolute Gasteiger partial charge is 0.370 e. The number of nitrogens with zero attached hydrogens (tertiary/aromatic N) is 5. The summed E-state index contributed by atoms with van der Waals surface area (Å²) in [4.78, 5) is 27.4. The van der Waals surface area contributed by atoms with Crippen LogP contribution in [0.3, 0.4) is 0 Å². The molecule has 38 heavy (non-hydrogen) atoms. The smallest absolute Gasteiger partial charge is 0.270 e. The van der Waals surface area contributed by atoms with E-state index in [4.69, 9.17) is 11.5 Å². The molecule has 0 bridgehead atoms. The minimum Gasteiger partial charge on any atom is -0.370 e. The van der Waals surface area contributed by atoms with Crippen LogP contribution < -0.4 is 11.5 Å². The summed E-state index contributed by atoms with van der Waals surface area (Å²) in [5.41, 5.74) is 15.3. The molecule has 1 atom stereocenters. The van der Waals surface area contributed by atoms with Gasteiger partial charge in [0.2, 0.25) is 5.91 Å². The first-order valence-electron chi connectivity index (χ1n) is 12.5. The lowest BCUT2D eigenvalue weighted by atomic mass is 9.99. The summed E-state index contributed by atoms with van der Waals surface area (Å²) in [6.07, 6.45) is 3.54. The molecule has 2 aromatic heterocycles. The number of hydrogen-bond donors (Lipinski definition) is 2. The number of aryl methyl sites for hydroxylation is 1. The van der Waals surface area contributed by atoms with Crippen LogP contribution >= 0.6 is 0 Å². The first-order chi connectivity index (χ1) is 18.2. The summed E-state index contributed by atoms with van der Waals surface area (Å²) < 4.78 is 18.2. The standard InChI is InChI=1S/C28H28FN7O2/c1-34-15-20-11-18(6-7-24(20)33-34)27-22(17-4-5-19(14-30)23(29)12-17)13-25(36(27)10-8-26(32)37)28(38)35-9-2-3-21(31)16-35/h4-7,11-13,15,21H,2-3,8-10,16,31H2,1H3,(H2,32,37)/t21-/m1/s1. The van der Waals surface area contributed by atoms with Crippen LogP contribution in [-0.2, 0) is 18.4 Å².